The predicted molar refractivity (Wildman–Crippen MR) is 112 cm³/mol. The molecule has 10 heteroatoms. The van der Waals surface area contributed by atoms with E-state index in [1.807, 2.05) is 0 Å². The number of sulfone groups is 1. The molecule has 2 aromatic heterocycles. The van der Waals surface area contributed by atoms with E-state index in [2.05, 4.69) is 4.98 Å². The molecule has 0 amide bonds. The van der Waals surface area contributed by atoms with E-state index in [0.29, 0.717) is 11.3 Å². The molecule has 31 heavy (non-hydrogen) atoms. The Hall–Kier alpha value is -3.14. The monoisotopic (exact) mass is 450 g/mol. The quantitative estimate of drug-likeness (QED) is 0.549. The van der Waals surface area contributed by atoms with Gasteiger partial charge in [-0.2, -0.15) is 0 Å². The molecule has 1 aromatic carbocycles. The second-order valence-electron chi connectivity index (χ2n) is 7.72. The maximum absolute atomic E-state index is 14.7. The number of esters is 1. The van der Waals surface area contributed by atoms with Crippen LogP contribution in [-0.4, -0.2) is 49.8 Å². The molecule has 0 aliphatic heterocycles. The average molecular weight is 450 g/mol. The lowest BCUT2D eigenvalue weighted by molar-refractivity contribution is 0.0596. The highest BCUT2D eigenvalue weighted by atomic mass is 32.2. The Morgan fingerprint density at radius 3 is 2.32 bits per heavy atom. The molecule has 166 valence electrons. The van der Waals surface area contributed by atoms with Gasteiger partial charge in [0, 0.05) is 17.8 Å². The molecule has 0 atom stereocenters. The summed E-state index contributed by atoms with van der Waals surface area (Å²) in [7, 11) is 0.0219. The summed E-state index contributed by atoms with van der Waals surface area (Å²) in [6.07, 6.45) is 2.83. The first kappa shape index (κ1) is 22.5. The highest BCUT2D eigenvalue weighted by Crippen LogP contribution is 2.35. The second-order valence-corrected chi connectivity index (χ2v) is 10.4. The van der Waals surface area contributed by atoms with E-state index < -0.39 is 26.4 Å². The molecule has 0 saturated carbocycles. The van der Waals surface area contributed by atoms with Gasteiger partial charge in [-0.25, -0.2) is 22.6 Å². The minimum absolute atomic E-state index is 0.0311. The lowest BCUT2D eigenvalue weighted by Gasteiger charge is -2.21. The number of rotatable bonds is 5. The number of hydrogen-bond acceptors (Lipinski definition) is 7. The van der Waals surface area contributed by atoms with Crippen molar-refractivity contribution in [2.45, 2.75) is 30.4 Å². The summed E-state index contributed by atoms with van der Waals surface area (Å²) in [6.45, 7) is 4.76. The van der Waals surface area contributed by atoms with Crippen LogP contribution in [0.5, 0.6) is 11.5 Å². The topological polar surface area (TPSA) is 96.2 Å². The van der Waals surface area contributed by atoms with Gasteiger partial charge in [0.1, 0.15) is 21.9 Å². The number of aromatic nitrogens is 2. The summed E-state index contributed by atoms with van der Waals surface area (Å²) in [5, 5.41) is 0. The number of methoxy groups -OCH3 is 3. The van der Waals surface area contributed by atoms with Crippen molar-refractivity contribution in [2.24, 2.45) is 0 Å². The molecule has 0 fully saturated rings. The Balaban J connectivity index is 2.32. The summed E-state index contributed by atoms with van der Waals surface area (Å²) in [6, 6.07) is 4.07. The van der Waals surface area contributed by atoms with Gasteiger partial charge in [0.05, 0.1) is 38.0 Å². The first-order chi connectivity index (χ1) is 14.5. The molecule has 0 bridgehead atoms. The van der Waals surface area contributed by atoms with Crippen molar-refractivity contribution in [3.05, 3.63) is 42.0 Å². The number of imidazole rings is 1. The highest BCUT2D eigenvalue weighted by molar-refractivity contribution is 7.92. The Morgan fingerprint density at radius 1 is 1.10 bits per heavy atom. The van der Waals surface area contributed by atoms with Gasteiger partial charge in [-0.1, -0.05) is 0 Å². The number of halogens is 1. The minimum atomic E-state index is -3.77. The summed E-state index contributed by atoms with van der Waals surface area (Å²) in [4.78, 5) is 16.4. The predicted octanol–water partition coefficient (Wildman–Crippen LogP) is 3.52. The summed E-state index contributed by atoms with van der Waals surface area (Å²) < 4.78 is 56.3. The first-order valence-electron chi connectivity index (χ1n) is 9.22. The van der Waals surface area contributed by atoms with Crippen molar-refractivity contribution < 1.29 is 31.8 Å². The molecule has 0 unspecified atom stereocenters. The average Bonchev–Trinajstić information content (AvgIpc) is 3.13. The van der Waals surface area contributed by atoms with E-state index in [0.717, 1.165) is 0 Å². The Labute approximate surface area is 179 Å². The number of fused-ring (bicyclic) bond motifs is 1. The molecule has 0 saturated heterocycles. The molecule has 3 rings (SSSR count). The van der Waals surface area contributed by atoms with Crippen LogP contribution in [0, 0.1) is 5.82 Å². The van der Waals surface area contributed by atoms with E-state index >= 15 is 0 Å². The molecule has 8 nitrogen and oxygen atoms in total. The van der Waals surface area contributed by atoms with Crippen molar-refractivity contribution in [1.29, 1.82) is 0 Å². The smallest absolute Gasteiger partial charge is 0.341 e. The van der Waals surface area contributed by atoms with Crippen LogP contribution in [0.15, 0.2) is 35.5 Å². The molecule has 0 aliphatic carbocycles. The number of hydrogen-bond donors (Lipinski definition) is 0. The highest BCUT2D eigenvalue weighted by Gasteiger charge is 2.34. The Bertz CT molecular complexity index is 1280. The zero-order chi connectivity index (χ0) is 23.1. The van der Waals surface area contributed by atoms with E-state index in [-0.39, 0.29) is 27.5 Å². The third-order valence-corrected chi connectivity index (χ3v) is 7.34. The van der Waals surface area contributed by atoms with E-state index in [1.54, 1.807) is 20.8 Å². The van der Waals surface area contributed by atoms with Crippen LogP contribution in [0.2, 0.25) is 0 Å². The Morgan fingerprint density at radius 2 is 1.77 bits per heavy atom. The van der Waals surface area contributed by atoms with Crippen LogP contribution in [0.4, 0.5) is 4.39 Å². The zero-order valence-electron chi connectivity index (χ0n) is 18.0. The van der Waals surface area contributed by atoms with Crippen LogP contribution in [-0.2, 0) is 14.6 Å². The van der Waals surface area contributed by atoms with Crippen LogP contribution in [0.3, 0.4) is 0 Å². The van der Waals surface area contributed by atoms with Gasteiger partial charge in [0.15, 0.2) is 21.4 Å². The lowest BCUT2D eigenvalue weighted by Crippen LogP contribution is -2.28. The fourth-order valence-corrected chi connectivity index (χ4v) is 4.41. The molecular formula is C21H23FN2O6S. The SMILES string of the molecule is COC(=O)c1cc(-c2cnc3cc(OC)c(S(=O)(=O)C(C)(C)C)cn23)cc(F)c1OC. The third-order valence-electron chi connectivity index (χ3n) is 4.84. The van der Waals surface area contributed by atoms with Crippen molar-refractivity contribution in [2.75, 3.05) is 21.3 Å². The van der Waals surface area contributed by atoms with Gasteiger partial charge in [-0.3, -0.25) is 4.40 Å². The fraction of sp³-hybridized carbons (Fsp3) is 0.333. The van der Waals surface area contributed by atoms with Gasteiger partial charge in [-0.05, 0) is 32.9 Å². The van der Waals surface area contributed by atoms with E-state index in [9.17, 15) is 17.6 Å². The maximum atomic E-state index is 14.7. The summed E-state index contributed by atoms with van der Waals surface area (Å²) in [5.41, 5.74) is 0.937. The number of benzene rings is 1. The van der Waals surface area contributed by atoms with Crippen molar-refractivity contribution >= 4 is 21.5 Å². The van der Waals surface area contributed by atoms with Crippen LogP contribution >= 0.6 is 0 Å². The minimum Gasteiger partial charge on any atom is -0.495 e. The molecule has 3 aromatic rings. The third kappa shape index (κ3) is 3.71. The largest absolute Gasteiger partial charge is 0.495 e. The molecule has 0 N–H and O–H groups in total. The van der Waals surface area contributed by atoms with Gasteiger partial charge < -0.3 is 14.2 Å². The summed E-state index contributed by atoms with van der Waals surface area (Å²) in [5.74, 6) is -1.65. The maximum Gasteiger partial charge on any atom is 0.341 e. The zero-order valence-corrected chi connectivity index (χ0v) is 18.8. The van der Waals surface area contributed by atoms with E-state index in [4.69, 9.17) is 14.2 Å². The van der Waals surface area contributed by atoms with Crippen molar-refractivity contribution in [3.63, 3.8) is 0 Å². The molecule has 0 radical (unpaired) electrons. The number of pyridine rings is 1. The fourth-order valence-electron chi connectivity index (χ4n) is 3.10. The number of carbonyl (C=O) groups is 1. The number of carbonyl (C=O) groups excluding carboxylic acids is 1. The number of ether oxygens (including phenoxy) is 3. The second kappa shape index (κ2) is 7.84. The lowest BCUT2D eigenvalue weighted by atomic mass is 10.1. The van der Waals surface area contributed by atoms with Crippen molar-refractivity contribution in [1.82, 2.24) is 9.38 Å². The standard InChI is InChI=1S/C21H23FN2O6S/c1-21(2,3)31(26,27)17-11-24-15(10-23-18(24)9-16(17)28-4)12-7-13(20(25)30-6)19(29-5)14(22)8-12/h7-11H,1-6H3. The molecular weight excluding hydrogens is 427 g/mol. The normalized spacial score (nSPS) is 12.1. The van der Waals surface area contributed by atoms with Crippen LogP contribution in [0.25, 0.3) is 16.9 Å². The van der Waals surface area contributed by atoms with Crippen molar-refractivity contribution in [3.8, 4) is 22.8 Å². The van der Waals surface area contributed by atoms with Gasteiger partial charge in [0.25, 0.3) is 0 Å². The molecule has 2 heterocycles. The number of nitrogens with zero attached hydrogens (tertiary/aromatic N) is 2. The van der Waals surface area contributed by atoms with Gasteiger partial charge in [0.2, 0.25) is 0 Å². The van der Waals surface area contributed by atoms with Crippen LogP contribution in [0.1, 0.15) is 31.1 Å². The van der Waals surface area contributed by atoms with Gasteiger partial charge >= 0.3 is 5.97 Å². The van der Waals surface area contributed by atoms with Crippen LogP contribution < -0.4 is 9.47 Å². The molecule has 0 aliphatic rings. The van der Waals surface area contributed by atoms with E-state index in [1.165, 1.54) is 56.3 Å². The molecule has 0 spiro atoms. The first-order valence-corrected chi connectivity index (χ1v) is 10.7. The summed E-state index contributed by atoms with van der Waals surface area (Å²) >= 11 is 0. The van der Waals surface area contributed by atoms with Gasteiger partial charge in [-0.15, -0.1) is 0 Å². The Kier molecular flexibility index (Phi) is 5.70.